The van der Waals surface area contributed by atoms with Gasteiger partial charge in [-0.15, -0.1) is 0 Å². The number of aliphatic imine (C=N–C) groups is 1. The summed E-state index contributed by atoms with van der Waals surface area (Å²) in [5, 5.41) is 2.85. The molecule has 0 saturated carbocycles. The number of pyridine rings is 1. The van der Waals surface area contributed by atoms with E-state index in [9.17, 15) is 0 Å². The summed E-state index contributed by atoms with van der Waals surface area (Å²) < 4.78 is 4.82. The number of nitrogens with one attached hydrogen (secondary N) is 1. The van der Waals surface area contributed by atoms with E-state index >= 15 is 0 Å². The highest BCUT2D eigenvalue weighted by Crippen LogP contribution is 2.09. The number of rotatable bonds is 2. The number of nitrogens with zero attached hydrogens (tertiary/aromatic N) is 2. The molecule has 0 amide bonds. The summed E-state index contributed by atoms with van der Waals surface area (Å²) in [5.41, 5.74) is 6.22. The standard InChI is InChI=1S/C7H10N4O.Al/c1-9-7(8)11-5-2-3-6(12)10-4-5;/h2-4H,1H3,(H,10,12)(H3,8,9,11);/q;+1/p-1. The van der Waals surface area contributed by atoms with E-state index in [4.69, 9.17) is 9.52 Å². The molecule has 0 unspecified atom stereocenters. The van der Waals surface area contributed by atoms with Crippen molar-refractivity contribution in [3.63, 3.8) is 0 Å². The molecule has 3 N–H and O–H groups in total. The Balaban J connectivity index is 2.69. The molecule has 1 rings (SSSR count). The molecule has 1 aromatic heterocycles. The van der Waals surface area contributed by atoms with Crippen LogP contribution in [0.5, 0.6) is 5.88 Å². The summed E-state index contributed by atoms with van der Waals surface area (Å²) in [7, 11) is 1.61. The van der Waals surface area contributed by atoms with Gasteiger partial charge in [-0.05, 0) is 12.1 Å². The number of anilines is 1. The largest absolute Gasteiger partial charge is 0.640 e. The number of hydrogen-bond donors (Lipinski definition) is 2. The van der Waals surface area contributed by atoms with Crippen LogP contribution >= 0.6 is 0 Å². The third-order valence-corrected chi connectivity index (χ3v) is 1.61. The van der Waals surface area contributed by atoms with Gasteiger partial charge in [0.05, 0.1) is 11.9 Å². The van der Waals surface area contributed by atoms with Crippen molar-refractivity contribution in [1.82, 2.24) is 4.98 Å². The number of guanidine groups is 1. The van der Waals surface area contributed by atoms with E-state index < -0.39 is 0 Å². The van der Waals surface area contributed by atoms with E-state index in [2.05, 4.69) is 31.9 Å². The van der Waals surface area contributed by atoms with Crippen LogP contribution in [-0.4, -0.2) is 34.6 Å². The van der Waals surface area contributed by atoms with Gasteiger partial charge >= 0.3 is 16.6 Å². The zero-order chi connectivity index (χ0) is 9.68. The first-order valence-electron chi connectivity index (χ1n) is 3.58. The van der Waals surface area contributed by atoms with Crippen LogP contribution < -0.4 is 14.8 Å². The van der Waals surface area contributed by atoms with Crippen LogP contribution in [-0.2, 0) is 0 Å². The van der Waals surface area contributed by atoms with Gasteiger partial charge in [-0.1, -0.05) is 0 Å². The fourth-order valence-electron chi connectivity index (χ4n) is 0.728. The third-order valence-electron chi connectivity index (χ3n) is 1.37. The normalized spacial score (nSPS) is 11.0. The molecule has 0 aromatic carbocycles. The molecule has 13 heavy (non-hydrogen) atoms. The second-order valence-corrected chi connectivity index (χ2v) is 2.47. The van der Waals surface area contributed by atoms with Gasteiger partial charge < -0.3 is 14.8 Å². The monoisotopic (exact) mass is 192 g/mol. The summed E-state index contributed by atoms with van der Waals surface area (Å²) in [6.07, 6.45) is 1.61. The van der Waals surface area contributed by atoms with E-state index in [1.54, 1.807) is 25.4 Å². The van der Waals surface area contributed by atoms with Crippen LogP contribution in [0, 0.1) is 0 Å². The van der Waals surface area contributed by atoms with Gasteiger partial charge in [-0.2, -0.15) is 0 Å². The third kappa shape index (κ3) is 2.94. The summed E-state index contributed by atoms with van der Waals surface area (Å²) in [5.74, 6) is 0.879. The summed E-state index contributed by atoms with van der Waals surface area (Å²) in [4.78, 5) is 7.71. The first-order valence-corrected chi connectivity index (χ1v) is 4.05. The van der Waals surface area contributed by atoms with Gasteiger partial charge in [0, 0.05) is 7.05 Å². The first kappa shape index (κ1) is 9.84. The minimum Gasteiger partial charge on any atom is -0.640 e. The Morgan fingerprint density at radius 3 is 2.92 bits per heavy atom. The van der Waals surface area contributed by atoms with Gasteiger partial charge in [0.2, 0.25) is 0 Å². The second-order valence-electron chi connectivity index (χ2n) is 2.24. The van der Waals surface area contributed by atoms with Crippen molar-refractivity contribution in [3.05, 3.63) is 18.3 Å². The molecular formula is C7H9AlN4O. The predicted molar refractivity (Wildman–Crippen MR) is 51.8 cm³/mol. The van der Waals surface area contributed by atoms with Crippen LogP contribution in [0.3, 0.4) is 0 Å². The maximum Gasteiger partial charge on any atom is 0.483 e. The molecular weight excluding hydrogens is 183 g/mol. The lowest BCUT2D eigenvalue weighted by Gasteiger charge is -2.05. The van der Waals surface area contributed by atoms with Gasteiger partial charge in [0.15, 0.2) is 11.8 Å². The van der Waals surface area contributed by atoms with Crippen LogP contribution in [0.25, 0.3) is 0 Å². The number of nitrogens with two attached hydrogens (primary N) is 1. The summed E-state index contributed by atoms with van der Waals surface area (Å²) in [6.45, 7) is 0. The maximum atomic E-state index is 5.45. The van der Waals surface area contributed by atoms with Gasteiger partial charge in [-0.3, -0.25) is 4.99 Å². The Morgan fingerprint density at radius 2 is 2.46 bits per heavy atom. The Labute approximate surface area is 84.8 Å². The fourth-order valence-corrected chi connectivity index (χ4v) is 0.867. The van der Waals surface area contributed by atoms with Crippen molar-refractivity contribution in [2.45, 2.75) is 0 Å². The molecule has 0 atom stereocenters. The van der Waals surface area contributed by atoms with Crippen molar-refractivity contribution in [2.24, 2.45) is 10.7 Å². The molecule has 1 aromatic rings. The molecule has 2 radical (unpaired) electrons. The van der Waals surface area contributed by atoms with E-state index in [1.807, 2.05) is 0 Å². The molecule has 0 saturated heterocycles. The molecule has 1 heterocycles. The lowest BCUT2D eigenvalue weighted by Crippen LogP contribution is -2.21. The second kappa shape index (κ2) is 4.70. The number of hydrogen-bond acceptors (Lipinski definition) is 3. The molecule has 0 fully saturated rings. The quantitative estimate of drug-likeness (QED) is 0.390. The van der Waals surface area contributed by atoms with Crippen molar-refractivity contribution in [1.29, 1.82) is 0 Å². The molecule has 0 aliphatic heterocycles. The van der Waals surface area contributed by atoms with E-state index in [0.717, 1.165) is 5.69 Å². The van der Waals surface area contributed by atoms with Crippen molar-refractivity contribution in [3.8, 4) is 5.88 Å². The lowest BCUT2D eigenvalue weighted by molar-refractivity contribution is 0.588. The zero-order valence-corrected chi connectivity index (χ0v) is 8.34. The van der Waals surface area contributed by atoms with Crippen molar-refractivity contribution < 1.29 is 3.79 Å². The lowest BCUT2D eigenvalue weighted by atomic mass is 10.4. The van der Waals surface area contributed by atoms with Crippen molar-refractivity contribution in [2.75, 3.05) is 12.4 Å². The smallest absolute Gasteiger partial charge is 0.483 e. The fraction of sp³-hybridized carbons (Fsp3) is 0.143. The average molecular weight is 192 g/mol. The SMILES string of the molecule is CN=C(N)Nc1ccc([O][Al])nc1. The molecule has 0 spiro atoms. The Morgan fingerprint density at radius 1 is 1.69 bits per heavy atom. The van der Waals surface area contributed by atoms with Gasteiger partial charge in [0.25, 0.3) is 0 Å². The molecule has 0 bridgehead atoms. The molecule has 0 aliphatic rings. The molecule has 66 valence electrons. The minimum absolute atomic E-state index is 0.348. The van der Waals surface area contributed by atoms with Gasteiger partial charge in [0.1, 0.15) is 0 Å². The maximum absolute atomic E-state index is 5.45. The van der Waals surface area contributed by atoms with Crippen LogP contribution in [0.4, 0.5) is 5.69 Å². The van der Waals surface area contributed by atoms with Crippen molar-refractivity contribution >= 4 is 28.3 Å². The summed E-state index contributed by atoms with van der Waals surface area (Å²) >= 11 is 2.12. The minimum atomic E-state index is 0.348. The van der Waals surface area contributed by atoms with Gasteiger partial charge in [-0.25, -0.2) is 4.98 Å². The highest BCUT2D eigenvalue weighted by Gasteiger charge is 1.94. The number of aromatic nitrogens is 1. The topological polar surface area (TPSA) is 72.5 Å². The van der Waals surface area contributed by atoms with Crippen LogP contribution in [0.1, 0.15) is 0 Å². The van der Waals surface area contributed by atoms with E-state index in [0.29, 0.717) is 11.8 Å². The average Bonchev–Trinajstić information content (AvgIpc) is 2.19. The molecule has 6 heteroatoms. The predicted octanol–water partition coefficient (Wildman–Crippen LogP) is -0.0997. The Hall–Kier alpha value is -1.25. The molecule has 0 aliphatic carbocycles. The van der Waals surface area contributed by atoms with E-state index in [1.165, 1.54) is 0 Å². The zero-order valence-electron chi connectivity index (χ0n) is 7.19. The Kier molecular flexibility index (Phi) is 3.56. The molecule has 5 nitrogen and oxygen atoms in total. The highest BCUT2D eigenvalue weighted by atomic mass is 27.1. The van der Waals surface area contributed by atoms with Crippen LogP contribution in [0.15, 0.2) is 23.3 Å². The Bertz CT molecular complexity index is 298. The van der Waals surface area contributed by atoms with Crippen LogP contribution in [0.2, 0.25) is 0 Å². The first-order chi connectivity index (χ1) is 6.26. The highest BCUT2D eigenvalue weighted by molar-refractivity contribution is 5.99. The van der Waals surface area contributed by atoms with E-state index in [-0.39, 0.29) is 0 Å². The summed E-state index contributed by atoms with van der Waals surface area (Å²) in [6, 6.07) is 3.52.